The van der Waals surface area contributed by atoms with E-state index in [0.717, 1.165) is 15.9 Å². The minimum Gasteiger partial charge on any atom is -0.493 e. The number of carbonyl (C=O) groups is 2. The summed E-state index contributed by atoms with van der Waals surface area (Å²) in [6.45, 7) is 0. The van der Waals surface area contributed by atoms with Crippen LogP contribution in [-0.2, 0) is 14.3 Å². The molecule has 0 aliphatic carbocycles. The first-order chi connectivity index (χ1) is 24.0. The van der Waals surface area contributed by atoms with Crippen molar-refractivity contribution in [3.8, 4) is 34.5 Å². The van der Waals surface area contributed by atoms with E-state index in [1.54, 1.807) is 54.6 Å². The number of nitrogens with one attached hydrogen (secondary N) is 1. The van der Waals surface area contributed by atoms with Crippen molar-refractivity contribution in [3.63, 3.8) is 0 Å². The molecule has 0 radical (unpaired) electrons. The summed E-state index contributed by atoms with van der Waals surface area (Å²) in [6, 6.07) is 13.0. The lowest BCUT2D eigenvalue weighted by Crippen LogP contribution is -2.42. The SMILES string of the molecule is COC(=O)C1=C(N)n2c(s/c(=C/c3cc(OC)c(OC)c(OC)c3)c2=O)=C(C(=O)Nc2ccc(Cl)cc2)C1c1cc(OC)c(OC)c(OC)c1. The van der Waals surface area contributed by atoms with Gasteiger partial charge in [-0.05, 0) is 65.7 Å². The lowest BCUT2D eigenvalue weighted by atomic mass is 9.82. The van der Waals surface area contributed by atoms with E-state index in [9.17, 15) is 14.4 Å². The second kappa shape index (κ2) is 14.9. The number of benzene rings is 3. The molecule has 50 heavy (non-hydrogen) atoms. The maximum absolute atomic E-state index is 14.5. The molecule has 15 heteroatoms. The number of anilines is 1. The van der Waals surface area contributed by atoms with Crippen molar-refractivity contribution < 1.29 is 42.7 Å². The van der Waals surface area contributed by atoms with E-state index in [1.165, 1.54) is 49.8 Å². The van der Waals surface area contributed by atoms with Crippen molar-refractivity contribution in [2.75, 3.05) is 55.1 Å². The number of carbonyl (C=O) groups excluding carboxylic acids is 2. The Bertz CT molecular complexity index is 2140. The molecule has 0 saturated carbocycles. The Morgan fingerprint density at radius 1 is 0.800 bits per heavy atom. The summed E-state index contributed by atoms with van der Waals surface area (Å²) >= 11 is 7.09. The van der Waals surface area contributed by atoms with Crippen molar-refractivity contribution in [3.05, 3.63) is 89.8 Å². The molecule has 3 aromatic carbocycles. The molecule has 1 atom stereocenters. The number of methoxy groups -OCH3 is 7. The smallest absolute Gasteiger partial charge is 0.338 e. The van der Waals surface area contributed by atoms with E-state index in [4.69, 9.17) is 50.5 Å². The van der Waals surface area contributed by atoms with Crippen LogP contribution in [0.2, 0.25) is 5.02 Å². The van der Waals surface area contributed by atoms with Gasteiger partial charge in [-0.2, -0.15) is 0 Å². The number of hydrogen-bond acceptors (Lipinski definition) is 12. The van der Waals surface area contributed by atoms with Crippen LogP contribution in [0.1, 0.15) is 17.0 Å². The van der Waals surface area contributed by atoms with Crippen LogP contribution in [0.15, 0.2) is 58.9 Å². The van der Waals surface area contributed by atoms with Gasteiger partial charge in [-0.3, -0.25) is 14.2 Å². The highest BCUT2D eigenvalue weighted by Gasteiger charge is 2.40. The number of nitrogens with zero attached hydrogens (tertiary/aromatic N) is 1. The quantitative estimate of drug-likeness (QED) is 0.219. The molecule has 1 aliphatic heterocycles. The van der Waals surface area contributed by atoms with Gasteiger partial charge in [-0.15, -0.1) is 11.3 Å². The molecule has 1 aliphatic rings. The van der Waals surface area contributed by atoms with Crippen LogP contribution < -0.4 is 54.2 Å². The van der Waals surface area contributed by atoms with Crippen LogP contribution in [-0.4, -0.2) is 66.2 Å². The maximum Gasteiger partial charge on any atom is 0.338 e. The largest absolute Gasteiger partial charge is 0.493 e. The van der Waals surface area contributed by atoms with E-state index in [2.05, 4.69) is 5.32 Å². The molecular weight excluding hydrogens is 690 g/mol. The molecule has 13 nitrogen and oxygen atoms in total. The van der Waals surface area contributed by atoms with Crippen LogP contribution >= 0.6 is 22.9 Å². The Hall–Kier alpha value is -5.60. The van der Waals surface area contributed by atoms with Crippen molar-refractivity contribution >= 4 is 58.0 Å². The lowest BCUT2D eigenvalue weighted by molar-refractivity contribution is -0.136. The topological polar surface area (TPSA) is 159 Å². The highest BCUT2D eigenvalue weighted by atomic mass is 35.5. The standard InChI is InChI=1S/C35H34ClN3O10S/c1-43-21-12-17(13-22(44-2)29(21)47-5)14-25-33(41)39-31(37)27(35(42)49-7)26(18-15-23(45-3)30(48-6)24(16-18)46-4)28(34(39)50-25)32(40)38-20-10-8-19(36)9-11-20/h8-16,26H,37H2,1-7H3,(H,38,40)/b25-14+. The summed E-state index contributed by atoms with van der Waals surface area (Å²) in [5, 5.41) is 3.33. The lowest BCUT2D eigenvalue weighted by Gasteiger charge is -2.28. The van der Waals surface area contributed by atoms with E-state index in [1.807, 2.05) is 0 Å². The number of thiazole rings is 1. The highest BCUT2D eigenvalue weighted by molar-refractivity contribution is 7.07. The minimum atomic E-state index is -1.17. The predicted molar refractivity (Wildman–Crippen MR) is 189 cm³/mol. The first kappa shape index (κ1) is 35.7. The monoisotopic (exact) mass is 723 g/mol. The van der Waals surface area contributed by atoms with Crippen LogP contribution in [0.5, 0.6) is 34.5 Å². The van der Waals surface area contributed by atoms with E-state index in [-0.39, 0.29) is 43.4 Å². The summed E-state index contributed by atoms with van der Waals surface area (Å²) in [6.07, 6.45) is 1.59. The Labute approximate surface area is 295 Å². The number of rotatable bonds is 11. The van der Waals surface area contributed by atoms with Crippen molar-refractivity contribution in [1.82, 2.24) is 4.57 Å². The molecule has 1 aromatic heterocycles. The second-order valence-electron chi connectivity index (χ2n) is 10.6. The molecule has 2 heterocycles. The number of hydrogen-bond donors (Lipinski definition) is 2. The minimum absolute atomic E-state index is 0.0236. The fourth-order valence-electron chi connectivity index (χ4n) is 5.65. The van der Waals surface area contributed by atoms with E-state index < -0.39 is 23.4 Å². The number of nitrogens with two attached hydrogens (primary N) is 1. The number of esters is 1. The summed E-state index contributed by atoms with van der Waals surface area (Å²) in [5.41, 5.74) is 7.28. The molecule has 4 aromatic rings. The summed E-state index contributed by atoms with van der Waals surface area (Å²) in [4.78, 5) is 42.3. The first-order valence-electron chi connectivity index (χ1n) is 14.8. The first-order valence-corrected chi connectivity index (χ1v) is 16.0. The third-order valence-corrected chi connectivity index (χ3v) is 9.27. The third kappa shape index (κ3) is 6.42. The Morgan fingerprint density at radius 2 is 1.32 bits per heavy atom. The number of amides is 1. The van der Waals surface area contributed by atoms with Crippen LogP contribution in [0.3, 0.4) is 0 Å². The van der Waals surface area contributed by atoms with Crippen LogP contribution in [0.25, 0.3) is 17.5 Å². The van der Waals surface area contributed by atoms with Gasteiger partial charge < -0.3 is 44.2 Å². The summed E-state index contributed by atoms with van der Waals surface area (Å²) < 4.78 is 39.8. The van der Waals surface area contributed by atoms with Crippen LogP contribution in [0.4, 0.5) is 5.69 Å². The van der Waals surface area contributed by atoms with Crippen LogP contribution in [0, 0.1) is 0 Å². The number of aromatic nitrogens is 1. The van der Waals surface area contributed by atoms with Gasteiger partial charge in [0.05, 0.1) is 71.4 Å². The average Bonchev–Trinajstić information content (AvgIpc) is 3.45. The normalized spacial score (nSPS) is 14.1. The molecule has 5 rings (SSSR count). The molecule has 0 bridgehead atoms. The Balaban J connectivity index is 1.89. The number of ether oxygens (including phenoxy) is 7. The zero-order chi connectivity index (χ0) is 36.3. The second-order valence-corrected chi connectivity index (χ2v) is 12.0. The molecule has 0 spiro atoms. The molecule has 262 valence electrons. The highest BCUT2D eigenvalue weighted by Crippen LogP contribution is 2.45. The van der Waals surface area contributed by atoms with Crippen molar-refractivity contribution in [2.45, 2.75) is 5.92 Å². The summed E-state index contributed by atoms with van der Waals surface area (Å²) in [5.74, 6) is -0.991. The summed E-state index contributed by atoms with van der Waals surface area (Å²) in [7, 11) is 9.94. The van der Waals surface area contributed by atoms with Gasteiger partial charge in [0.25, 0.3) is 11.5 Å². The molecule has 0 saturated heterocycles. The maximum atomic E-state index is 14.5. The predicted octanol–water partition coefficient (Wildman–Crippen LogP) is 3.33. The fraction of sp³-hybridized carbons (Fsp3) is 0.229. The molecule has 0 fully saturated rings. The van der Waals surface area contributed by atoms with Gasteiger partial charge in [0, 0.05) is 10.7 Å². The van der Waals surface area contributed by atoms with Gasteiger partial charge in [-0.25, -0.2) is 4.79 Å². The van der Waals surface area contributed by atoms with Gasteiger partial charge in [-0.1, -0.05) is 11.6 Å². The number of fused-ring (bicyclic) bond motifs is 1. The van der Waals surface area contributed by atoms with Gasteiger partial charge in [0.2, 0.25) is 11.5 Å². The van der Waals surface area contributed by atoms with Gasteiger partial charge in [0.1, 0.15) is 10.5 Å². The zero-order valence-corrected chi connectivity index (χ0v) is 29.7. The molecule has 1 unspecified atom stereocenters. The Kier molecular flexibility index (Phi) is 10.6. The average molecular weight is 724 g/mol. The van der Waals surface area contributed by atoms with Gasteiger partial charge >= 0.3 is 5.97 Å². The molecule has 3 N–H and O–H groups in total. The molecular formula is C35H34ClN3O10S. The zero-order valence-electron chi connectivity index (χ0n) is 28.2. The van der Waals surface area contributed by atoms with Gasteiger partial charge in [0.15, 0.2) is 23.0 Å². The van der Waals surface area contributed by atoms with E-state index in [0.29, 0.717) is 39.1 Å². The molecule has 1 amide bonds. The van der Waals surface area contributed by atoms with E-state index >= 15 is 0 Å². The van der Waals surface area contributed by atoms with Crippen molar-refractivity contribution in [2.24, 2.45) is 5.73 Å². The third-order valence-electron chi connectivity index (χ3n) is 7.91. The fourth-order valence-corrected chi connectivity index (χ4v) is 6.95. The number of halogens is 1. The Morgan fingerprint density at radius 3 is 1.80 bits per heavy atom. The van der Waals surface area contributed by atoms with Crippen molar-refractivity contribution in [1.29, 1.82) is 0 Å².